The van der Waals surface area contributed by atoms with Gasteiger partial charge in [0.15, 0.2) is 0 Å². The normalized spacial score (nSPS) is 9.00. The van der Waals surface area contributed by atoms with Crippen LogP contribution in [0, 0.1) is 10.1 Å². The van der Waals surface area contributed by atoms with Gasteiger partial charge < -0.3 is 10.5 Å². The van der Waals surface area contributed by atoms with Crippen LogP contribution < -0.4 is 5.73 Å². The molecule has 8 heteroatoms. The first-order valence-corrected chi connectivity index (χ1v) is 5.55. The minimum Gasteiger partial charge on any atom is -0.466 e. The number of amides is 1. The smallest absolute Gasteiger partial charge is 0.302 e. The van der Waals surface area contributed by atoms with Crippen molar-refractivity contribution in [2.45, 2.75) is 13.8 Å². The lowest BCUT2D eigenvalue weighted by atomic mass is 10.2. The Balaban J connectivity index is 0.000000459. The topological polar surface area (TPSA) is 113 Å². The summed E-state index contributed by atoms with van der Waals surface area (Å²) in [5.41, 5.74) is 4.29. The zero-order valence-electron chi connectivity index (χ0n) is 10.4. The number of halogens is 1. The molecule has 0 saturated heterocycles. The average molecular weight is 289 g/mol. The van der Waals surface area contributed by atoms with E-state index in [1.807, 2.05) is 0 Å². The van der Waals surface area contributed by atoms with E-state index in [0.29, 0.717) is 6.61 Å². The molecule has 0 aliphatic heterocycles. The van der Waals surface area contributed by atoms with E-state index in [2.05, 4.69) is 4.74 Å². The number of para-hydroxylation sites is 1. The SMILES string of the molecule is CCOC(C)=O.NC(=O)c1cccc(Cl)c1[N+](=O)[O-]. The molecule has 0 spiro atoms. The zero-order chi connectivity index (χ0) is 15.0. The number of nitrogens with zero attached hydrogens (tertiary/aromatic N) is 1. The first-order valence-electron chi connectivity index (χ1n) is 5.17. The molecule has 1 aromatic rings. The highest BCUT2D eigenvalue weighted by Gasteiger charge is 2.21. The summed E-state index contributed by atoms with van der Waals surface area (Å²) in [6.45, 7) is 3.65. The van der Waals surface area contributed by atoms with Crippen molar-refractivity contribution in [3.05, 3.63) is 38.9 Å². The maximum absolute atomic E-state index is 10.7. The van der Waals surface area contributed by atoms with Crippen molar-refractivity contribution in [1.29, 1.82) is 0 Å². The van der Waals surface area contributed by atoms with E-state index in [0.717, 1.165) is 0 Å². The number of rotatable bonds is 3. The lowest BCUT2D eigenvalue weighted by Gasteiger charge is -1.98. The molecule has 0 aliphatic carbocycles. The Bertz CT molecular complexity index is 490. The molecule has 0 bridgehead atoms. The highest BCUT2D eigenvalue weighted by Crippen LogP contribution is 2.27. The predicted molar refractivity (Wildman–Crippen MR) is 68.9 cm³/mol. The van der Waals surface area contributed by atoms with Gasteiger partial charge in [-0.05, 0) is 19.1 Å². The van der Waals surface area contributed by atoms with Gasteiger partial charge >= 0.3 is 11.7 Å². The summed E-state index contributed by atoms with van der Waals surface area (Å²) >= 11 is 5.52. The highest BCUT2D eigenvalue weighted by molar-refractivity contribution is 6.33. The fourth-order valence-corrected chi connectivity index (χ4v) is 1.35. The van der Waals surface area contributed by atoms with E-state index < -0.39 is 16.5 Å². The lowest BCUT2D eigenvalue weighted by molar-refractivity contribution is -0.385. The van der Waals surface area contributed by atoms with E-state index in [1.165, 1.54) is 25.1 Å². The van der Waals surface area contributed by atoms with Gasteiger partial charge in [-0.25, -0.2) is 0 Å². The maximum Gasteiger partial charge on any atom is 0.302 e. The molecule has 1 aromatic carbocycles. The molecule has 7 nitrogen and oxygen atoms in total. The summed E-state index contributed by atoms with van der Waals surface area (Å²) in [6.07, 6.45) is 0. The van der Waals surface area contributed by atoms with Crippen LogP contribution in [0.3, 0.4) is 0 Å². The minimum atomic E-state index is -0.866. The summed E-state index contributed by atoms with van der Waals surface area (Å²) in [5, 5.41) is 10.4. The van der Waals surface area contributed by atoms with Crippen LogP contribution in [-0.2, 0) is 9.53 Å². The summed E-state index contributed by atoms with van der Waals surface area (Å²) < 4.78 is 4.40. The number of esters is 1. The van der Waals surface area contributed by atoms with Crippen molar-refractivity contribution in [2.75, 3.05) is 6.61 Å². The Morgan fingerprint density at radius 3 is 2.32 bits per heavy atom. The van der Waals surface area contributed by atoms with Gasteiger partial charge in [-0.1, -0.05) is 17.7 Å². The molecule has 1 rings (SSSR count). The Morgan fingerprint density at radius 1 is 1.47 bits per heavy atom. The second kappa shape index (κ2) is 8.04. The fraction of sp³-hybridized carbons (Fsp3) is 0.273. The quantitative estimate of drug-likeness (QED) is 0.518. The Kier molecular flexibility index (Phi) is 7.13. The summed E-state index contributed by atoms with van der Waals surface area (Å²) in [6, 6.07) is 4.01. The third-order valence-electron chi connectivity index (χ3n) is 1.78. The van der Waals surface area contributed by atoms with Crippen LogP contribution in [0.2, 0.25) is 5.02 Å². The van der Waals surface area contributed by atoms with Crippen LogP contribution in [-0.4, -0.2) is 23.4 Å². The number of carbonyl (C=O) groups is 2. The zero-order valence-corrected chi connectivity index (χ0v) is 11.1. The van der Waals surface area contributed by atoms with Gasteiger partial charge in [-0.2, -0.15) is 0 Å². The van der Waals surface area contributed by atoms with E-state index in [9.17, 15) is 19.7 Å². The van der Waals surface area contributed by atoms with Crippen molar-refractivity contribution in [1.82, 2.24) is 0 Å². The largest absolute Gasteiger partial charge is 0.466 e. The van der Waals surface area contributed by atoms with Gasteiger partial charge in [0, 0.05) is 6.92 Å². The first kappa shape index (κ1) is 16.9. The molecule has 1 amide bonds. The number of nitrogens with two attached hydrogens (primary N) is 1. The fourth-order valence-electron chi connectivity index (χ4n) is 1.10. The number of nitro benzene ring substituents is 1. The maximum atomic E-state index is 10.7. The van der Waals surface area contributed by atoms with Crippen molar-refractivity contribution in [3.63, 3.8) is 0 Å². The van der Waals surface area contributed by atoms with Gasteiger partial charge in [0.25, 0.3) is 5.91 Å². The number of ether oxygens (including phenoxy) is 1. The van der Waals surface area contributed by atoms with Crippen molar-refractivity contribution in [2.24, 2.45) is 5.73 Å². The van der Waals surface area contributed by atoms with Crippen molar-refractivity contribution >= 4 is 29.2 Å². The standard InChI is InChI=1S/C7H5ClN2O3.C4H8O2/c8-5-3-1-2-4(7(9)11)6(5)10(12)13;1-3-6-4(2)5/h1-3H,(H2,9,11);3H2,1-2H3. The van der Waals surface area contributed by atoms with Gasteiger partial charge in [-0.15, -0.1) is 0 Å². The third kappa shape index (κ3) is 5.82. The van der Waals surface area contributed by atoms with Crippen LogP contribution in [0.4, 0.5) is 5.69 Å². The van der Waals surface area contributed by atoms with Crippen LogP contribution in [0.15, 0.2) is 18.2 Å². The number of hydrogen-bond acceptors (Lipinski definition) is 5. The number of nitro groups is 1. The molecule has 0 fully saturated rings. The van der Waals surface area contributed by atoms with E-state index in [1.54, 1.807) is 6.92 Å². The van der Waals surface area contributed by atoms with Gasteiger partial charge in [-0.3, -0.25) is 19.7 Å². The van der Waals surface area contributed by atoms with Crippen molar-refractivity contribution < 1.29 is 19.2 Å². The second-order valence-electron chi connectivity index (χ2n) is 3.18. The van der Waals surface area contributed by atoms with Crippen LogP contribution in [0.5, 0.6) is 0 Å². The lowest BCUT2D eigenvalue weighted by Crippen LogP contribution is -2.13. The third-order valence-corrected chi connectivity index (χ3v) is 2.09. The van der Waals surface area contributed by atoms with Gasteiger partial charge in [0.1, 0.15) is 10.6 Å². The first-order chi connectivity index (χ1) is 8.81. The van der Waals surface area contributed by atoms with Crippen molar-refractivity contribution in [3.8, 4) is 0 Å². The molecule has 0 saturated carbocycles. The molecule has 0 atom stereocenters. The molecular weight excluding hydrogens is 276 g/mol. The molecule has 104 valence electrons. The van der Waals surface area contributed by atoms with Gasteiger partial charge in [0.05, 0.1) is 11.5 Å². The number of primary amides is 1. The molecular formula is C11H13ClN2O5. The summed E-state index contributed by atoms with van der Waals surface area (Å²) in [5.74, 6) is -1.08. The van der Waals surface area contributed by atoms with Crippen LogP contribution >= 0.6 is 11.6 Å². The van der Waals surface area contributed by atoms with E-state index in [-0.39, 0.29) is 16.6 Å². The highest BCUT2D eigenvalue weighted by atomic mass is 35.5. The summed E-state index contributed by atoms with van der Waals surface area (Å²) in [4.78, 5) is 30.3. The molecule has 2 N–H and O–H groups in total. The van der Waals surface area contributed by atoms with Gasteiger partial charge in [0.2, 0.25) is 0 Å². The van der Waals surface area contributed by atoms with Crippen LogP contribution in [0.25, 0.3) is 0 Å². The van der Waals surface area contributed by atoms with E-state index >= 15 is 0 Å². The Morgan fingerprint density at radius 2 is 2.05 bits per heavy atom. The monoisotopic (exact) mass is 288 g/mol. The molecule has 0 aromatic heterocycles. The summed E-state index contributed by atoms with van der Waals surface area (Å²) in [7, 11) is 0. The Labute approximate surface area is 114 Å². The molecule has 0 heterocycles. The average Bonchev–Trinajstić information content (AvgIpc) is 2.28. The molecule has 19 heavy (non-hydrogen) atoms. The minimum absolute atomic E-state index is 0.0960. The molecule has 0 aliphatic rings. The van der Waals surface area contributed by atoms with Crippen LogP contribution in [0.1, 0.15) is 24.2 Å². The predicted octanol–water partition coefficient (Wildman–Crippen LogP) is 1.92. The molecule has 0 radical (unpaired) electrons. The number of benzene rings is 1. The number of hydrogen-bond donors (Lipinski definition) is 1. The molecule has 0 unspecified atom stereocenters. The number of carbonyl (C=O) groups excluding carboxylic acids is 2. The second-order valence-corrected chi connectivity index (χ2v) is 3.59. The Hall–Kier alpha value is -2.15. The van der Waals surface area contributed by atoms with E-state index in [4.69, 9.17) is 17.3 Å².